The van der Waals surface area contributed by atoms with Crippen LogP contribution in [0.4, 0.5) is 18.9 Å². The van der Waals surface area contributed by atoms with Gasteiger partial charge in [-0.05, 0) is 48.2 Å². The van der Waals surface area contributed by atoms with Gasteiger partial charge in [0.15, 0.2) is 0 Å². The summed E-state index contributed by atoms with van der Waals surface area (Å²) in [5, 5.41) is 16.8. The van der Waals surface area contributed by atoms with Crippen LogP contribution in [0.1, 0.15) is 25.0 Å². The number of carbonyl (C=O) groups is 2. The van der Waals surface area contributed by atoms with Crippen molar-refractivity contribution in [1.29, 1.82) is 0 Å². The summed E-state index contributed by atoms with van der Waals surface area (Å²) in [5.74, 6) is -2.63. The smallest absolute Gasteiger partial charge is 0.475 e. The van der Waals surface area contributed by atoms with Gasteiger partial charge in [0, 0.05) is 42.4 Å². The Kier molecular flexibility index (Phi) is 9.37. The molecule has 35 heavy (non-hydrogen) atoms. The number of Topliss-reactive ketones (excluding diaryl/α,β-unsaturated/α-hetero) is 1. The fraction of sp³-hybridized carbons (Fsp3) is 0.318. The number of benzene rings is 1. The Balaban J connectivity index is 0.000000540. The molecule has 1 aromatic carbocycles. The molecule has 4 N–H and O–H groups in total. The topological polar surface area (TPSA) is 149 Å². The largest absolute Gasteiger partial charge is 0.490 e. The van der Waals surface area contributed by atoms with Crippen LogP contribution >= 0.6 is 0 Å². The normalized spacial score (nSPS) is 11.6. The van der Waals surface area contributed by atoms with Crippen molar-refractivity contribution in [2.24, 2.45) is 0 Å². The van der Waals surface area contributed by atoms with E-state index < -0.39 is 22.2 Å². The van der Waals surface area contributed by atoms with Crippen LogP contribution in [0, 0.1) is 0 Å². The summed E-state index contributed by atoms with van der Waals surface area (Å²) in [6, 6.07) is 10.9. The van der Waals surface area contributed by atoms with Crippen LogP contribution in [0.3, 0.4) is 0 Å². The Morgan fingerprint density at radius 3 is 2.29 bits per heavy atom. The molecule has 0 saturated heterocycles. The lowest BCUT2D eigenvalue weighted by Crippen LogP contribution is -2.21. The lowest BCUT2D eigenvalue weighted by molar-refractivity contribution is -0.192. The van der Waals surface area contributed by atoms with Crippen molar-refractivity contribution in [1.82, 2.24) is 9.97 Å². The van der Waals surface area contributed by atoms with E-state index in [0.717, 1.165) is 28.5 Å². The molecule has 0 radical (unpaired) electrons. The van der Waals surface area contributed by atoms with Gasteiger partial charge in [0.1, 0.15) is 11.4 Å². The number of H-pyrrole nitrogens is 1. The van der Waals surface area contributed by atoms with E-state index in [9.17, 15) is 26.4 Å². The number of alkyl halides is 3. The summed E-state index contributed by atoms with van der Waals surface area (Å²) in [4.78, 5) is 28.5. The number of anilines is 1. The van der Waals surface area contributed by atoms with Gasteiger partial charge in [-0.2, -0.15) is 13.2 Å². The number of aliphatic carboxylic acids is 1. The number of pyridine rings is 1. The van der Waals surface area contributed by atoms with E-state index in [-0.39, 0.29) is 12.4 Å². The molecule has 0 atom stereocenters. The summed E-state index contributed by atoms with van der Waals surface area (Å²) in [6.45, 7) is 0.103. The average Bonchev–Trinajstić information content (AvgIpc) is 3.15. The Hall–Kier alpha value is -3.45. The summed E-state index contributed by atoms with van der Waals surface area (Å²) >= 11 is 0. The number of ketones is 1. The number of aliphatic hydroxyl groups is 1. The predicted octanol–water partition coefficient (Wildman–Crippen LogP) is 3.51. The van der Waals surface area contributed by atoms with Crippen molar-refractivity contribution in [3.8, 4) is 11.1 Å². The molecule has 0 amide bonds. The minimum absolute atomic E-state index is 0.103. The molecule has 0 fully saturated rings. The van der Waals surface area contributed by atoms with Crippen LogP contribution in [0.2, 0.25) is 0 Å². The van der Waals surface area contributed by atoms with E-state index >= 15 is 0 Å². The molecule has 0 aliphatic heterocycles. The van der Waals surface area contributed by atoms with Crippen LogP contribution in [0.5, 0.6) is 0 Å². The number of nitrogens with zero attached hydrogens (tertiary/aromatic N) is 1. The Labute approximate surface area is 199 Å². The van der Waals surface area contributed by atoms with Crippen molar-refractivity contribution < 1.29 is 41.4 Å². The SMILES string of the molecule is CS(=O)(=O)Nc1ccc(-c2ccnc3[nH]c(CC(=O)CCCCO)cc23)cc1.O=C(O)C(F)(F)F. The highest BCUT2D eigenvalue weighted by Gasteiger charge is 2.38. The first-order chi connectivity index (χ1) is 16.3. The highest BCUT2D eigenvalue weighted by atomic mass is 32.2. The van der Waals surface area contributed by atoms with Crippen molar-refractivity contribution in [3.05, 3.63) is 48.3 Å². The summed E-state index contributed by atoms with van der Waals surface area (Å²) in [6.07, 6.45) is -0.200. The van der Waals surface area contributed by atoms with Gasteiger partial charge in [-0.3, -0.25) is 9.52 Å². The van der Waals surface area contributed by atoms with Crippen LogP contribution < -0.4 is 4.72 Å². The molecular weight excluding hydrogens is 491 g/mol. The van der Waals surface area contributed by atoms with E-state index in [1.54, 1.807) is 18.3 Å². The number of aromatic amines is 1. The molecule has 0 saturated carbocycles. The number of rotatable bonds is 9. The number of sulfonamides is 1. The molecule has 0 bridgehead atoms. The molecule has 0 aliphatic carbocycles. The lowest BCUT2D eigenvalue weighted by Gasteiger charge is -2.06. The molecule has 3 rings (SSSR count). The van der Waals surface area contributed by atoms with E-state index in [2.05, 4.69) is 14.7 Å². The zero-order valence-electron chi connectivity index (χ0n) is 18.6. The van der Waals surface area contributed by atoms with Gasteiger partial charge < -0.3 is 15.2 Å². The molecule has 2 heterocycles. The second-order valence-electron chi connectivity index (χ2n) is 7.57. The predicted molar refractivity (Wildman–Crippen MR) is 123 cm³/mol. The molecule has 0 spiro atoms. The zero-order chi connectivity index (χ0) is 26.2. The van der Waals surface area contributed by atoms with Crippen molar-refractivity contribution >= 4 is 38.5 Å². The molecule has 9 nitrogen and oxygen atoms in total. The highest BCUT2D eigenvalue weighted by Crippen LogP contribution is 2.29. The van der Waals surface area contributed by atoms with Gasteiger partial charge in [0.25, 0.3) is 0 Å². The number of hydrogen-bond donors (Lipinski definition) is 4. The number of carbonyl (C=O) groups excluding carboxylic acids is 1. The van der Waals surface area contributed by atoms with Gasteiger partial charge in [-0.15, -0.1) is 0 Å². The number of aliphatic hydroxyl groups excluding tert-OH is 1. The van der Waals surface area contributed by atoms with E-state index in [1.165, 1.54) is 0 Å². The van der Waals surface area contributed by atoms with E-state index in [4.69, 9.17) is 15.0 Å². The molecule has 190 valence electrons. The van der Waals surface area contributed by atoms with E-state index in [0.29, 0.717) is 37.0 Å². The molecule has 0 aliphatic rings. The zero-order valence-corrected chi connectivity index (χ0v) is 19.4. The van der Waals surface area contributed by atoms with Crippen LogP contribution in [-0.4, -0.2) is 59.4 Å². The number of carboxylic acid groups (broad SMARTS) is 1. The number of aromatic nitrogens is 2. The Morgan fingerprint density at radius 1 is 1.11 bits per heavy atom. The van der Waals surface area contributed by atoms with Crippen LogP contribution in [0.15, 0.2) is 42.6 Å². The first kappa shape index (κ1) is 27.8. The second-order valence-corrected chi connectivity index (χ2v) is 9.31. The third kappa shape index (κ3) is 9.02. The third-order valence-corrected chi connectivity index (χ3v) is 5.19. The van der Waals surface area contributed by atoms with Crippen LogP contribution in [0.25, 0.3) is 22.2 Å². The van der Waals surface area contributed by atoms with Crippen molar-refractivity contribution in [2.75, 3.05) is 17.6 Å². The number of halogens is 3. The molecule has 13 heteroatoms. The van der Waals surface area contributed by atoms with Gasteiger partial charge in [-0.25, -0.2) is 18.2 Å². The fourth-order valence-corrected chi connectivity index (χ4v) is 3.66. The van der Waals surface area contributed by atoms with E-state index in [1.807, 2.05) is 24.3 Å². The number of unbranched alkanes of at least 4 members (excludes halogenated alkanes) is 1. The minimum atomic E-state index is -5.08. The number of fused-ring (bicyclic) bond motifs is 1. The number of nitrogens with one attached hydrogen (secondary N) is 2. The summed E-state index contributed by atoms with van der Waals surface area (Å²) in [7, 11) is -3.32. The molecule has 0 unspecified atom stereocenters. The average molecular weight is 516 g/mol. The summed E-state index contributed by atoms with van der Waals surface area (Å²) < 4.78 is 56.9. The lowest BCUT2D eigenvalue weighted by atomic mass is 10.0. The van der Waals surface area contributed by atoms with Gasteiger partial charge in [-0.1, -0.05) is 12.1 Å². The first-order valence-electron chi connectivity index (χ1n) is 10.3. The fourth-order valence-electron chi connectivity index (χ4n) is 3.09. The second kappa shape index (κ2) is 11.8. The molecular formula is C22H24F3N3O6S. The monoisotopic (exact) mass is 515 g/mol. The first-order valence-corrected chi connectivity index (χ1v) is 12.2. The maximum absolute atomic E-state index is 12.1. The van der Waals surface area contributed by atoms with Crippen molar-refractivity contribution in [3.63, 3.8) is 0 Å². The minimum Gasteiger partial charge on any atom is -0.475 e. The maximum Gasteiger partial charge on any atom is 0.490 e. The van der Waals surface area contributed by atoms with Gasteiger partial charge in [0.05, 0.1) is 6.26 Å². The Bertz CT molecular complexity index is 1270. The van der Waals surface area contributed by atoms with Crippen molar-refractivity contribution in [2.45, 2.75) is 31.9 Å². The highest BCUT2D eigenvalue weighted by molar-refractivity contribution is 7.92. The summed E-state index contributed by atoms with van der Waals surface area (Å²) in [5.41, 5.74) is 3.88. The number of hydrogen-bond acceptors (Lipinski definition) is 6. The van der Waals surface area contributed by atoms with Gasteiger partial charge >= 0.3 is 12.1 Å². The standard InChI is InChI=1S/C20H23N3O4S.C2HF3O2/c1-28(26,27)23-15-7-5-14(6-8-15)18-9-10-21-20-19(18)13-16(22-20)12-17(25)4-2-3-11-24;3-2(4,5)1(6)7/h5-10,13,23-24H,2-4,11-12H2,1H3,(H,21,22);(H,6,7). The number of carboxylic acids is 1. The molecule has 3 aromatic rings. The molecule has 2 aromatic heterocycles. The quantitative estimate of drug-likeness (QED) is 0.319. The Morgan fingerprint density at radius 2 is 1.74 bits per heavy atom. The van der Waals surface area contributed by atoms with Crippen LogP contribution in [-0.2, 0) is 26.0 Å². The van der Waals surface area contributed by atoms with Gasteiger partial charge in [0.2, 0.25) is 10.0 Å². The maximum atomic E-state index is 12.1. The third-order valence-electron chi connectivity index (χ3n) is 4.58.